The SMILES string of the molecule is CC1CN(Cc2ccccn2)C(=O)C(CN)N(C)C1. The molecule has 1 aromatic heterocycles. The third-order valence-corrected chi connectivity index (χ3v) is 3.56. The Kier molecular flexibility index (Phi) is 4.50. The van der Waals surface area contributed by atoms with Gasteiger partial charge in [-0.05, 0) is 25.1 Å². The van der Waals surface area contributed by atoms with Crippen LogP contribution in [0.25, 0.3) is 0 Å². The lowest BCUT2D eigenvalue weighted by atomic mass is 10.1. The molecule has 1 fully saturated rings. The van der Waals surface area contributed by atoms with E-state index in [2.05, 4.69) is 16.8 Å². The van der Waals surface area contributed by atoms with Gasteiger partial charge in [0.05, 0.1) is 12.2 Å². The molecule has 1 amide bonds. The van der Waals surface area contributed by atoms with Crippen LogP contribution in [0.4, 0.5) is 0 Å². The van der Waals surface area contributed by atoms with Crippen molar-refractivity contribution in [1.29, 1.82) is 0 Å². The summed E-state index contributed by atoms with van der Waals surface area (Å²) < 4.78 is 0. The standard InChI is InChI=1S/C14H22N4O/c1-11-8-17(2)13(7-15)14(19)18(9-11)10-12-5-3-4-6-16-12/h3-6,11,13H,7-10,15H2,1-2H3. The van der Waals surface area contributed by atoms with Crippen molar-refractivity contribution in [2.24, 2.45) is 11.7 Å². The molecule has 19 heavy (non-hydrogen) atoms. The van der Waals surface area contributed by atoms with Crippen molar-refractivity contribution in [2.45, 2.75) is 19.5 Å². The minimum absolute atomic E-state index is 0.111. The highest BCUT2D eigenvalue weighted by Gasteiger charge is 2.32. The molecule has 1 aromatic rings. The molecule has 0 spiro atoms. The molecule has 104 valence electrons. The molecular formula is C14H22N4O. The highest BCUT2D eigenvalue weighted by Crippen LogP contribution is 2.15. The van der Waals surface area contributed by atoms with Crippen molar-refractivity contribution in [3.63, 3.8) is 0 Å². The fraction of sp³-hybridized carbons (Fsp3) is 0.571. The smallest absolute Gasteiger partial charge is 0.241 e. The van der Waals surface area contributed by atoms with Crippen LogP contribution in [0.2, 0.25) is 0 Å². The van der Waals surface area contributed by atoms with Crippen LogP contribution in [0.15, 0.2) is 24.4 Å². The molecule has 1 saturated heterocycles. The van der Waals surface area contributed by atoms with Crippen LogP contribution in [0.5, 0.6) is 0 Å². The number of hydrogen-bond donors (Lipinski definition) is 1. The molecule has 2 rings (SSSR count). The summed E-state index contributed by atoms with van der Waals surface area (Å²) in [6.07, 6.45) is 1.76. The maximum Gasteiger partial charge on any atom is 0.241 e. The van der Waals surface area contributed by atoms with Gasteiger partial charge in [0, 0.05) is 25.8 Å². The Morgan fingerprint density at radius 2 is 2.21 bits per heavy atom. The highest BCUT2D eigenvalue weighted by molar-refractivity contribution is 5.82. The Hall–Kier alpha value is -1.46. The molecule has 1 aliphatic rings. The van der Waals surface area contributed by atoms with E-state index in [1.54, 1.807) is 6.20 Å². The summed E-state index contributed by atoms with van der Waals surface area (Å²) >= 11 is 0. The lowest BCUT2D eigenvalue weighted by Crippen LogP contribution is -2.48. The number of hydrogen-bond acceptors (Lipinski definition) is 4. The first kappa shape index (κ1) is 14.0. The zero-order valence-electron chi connectivity index (χ0n) is 11.6. The normalized spacial score (nSPS) is 25.4. The van der Waals surface area contributed by atoms with Crippen LogP contribution < -0.4 is 5.73 Å². The molecule has 0 aliphatic carbocycles. The van der Waals surface area contributed by atoms with E-state index in [4.69, 9.17) is 5.73 Å². The fourth-order valence-electron chi connectivity index (χ4n) is 2.65. The molecule has 0 saturated carbocycles. The summed E-state index contributed by atoms with van der Waals surface area (Å²) in [5.74, 6) is 0.550. The Bertz CT molecular complexity index is 423. The Morgan fingerprint density at radius 1 is 1.42 bits per heavy atom. The number of pyridine rings is 1. The Balaban J connectivity index is 2.15. The summed E-state index contributed by atoms with van der Waals surface area (Å²) in [6, 6.07) is 5.56. The van der Waals surface area contributed by atoms with E-state index in [-0.39, 0.29) is 11.9 Å². The maximum absolute atomic E-state index is 12.5. The van der Waals surface area contributed by atoms with Gasteiger partial charge < -0.3 is 10.6 Å². The van der Waals surface area contributed by atoms with Gasteiger partial charge in [0.1, 0.15) is 6.04 Å². The van der Waals surface area contributed by atoms with Gasteiger partial charge in [-0.1, -0.05) is 13.0 Å². The molecule has 5 heteroatoms. The van der Waals surface area contributed by atoms with Crippen molar-refractivity contribution in [3.8, 4) is 0 Å². The molecular weight excluding hydrogens is 240 g/mol. The van der Waals surface area contributed by atoms with E-state index in [9.17, 15) is 4.79 Å². The molecule has 5 nitrogen and oxygen atoms in total. The van der Waals surface area contributed by atoms with Crippen molar-refractivity contribution in [2.75, 3.05) is 26.7 Å². The average molecular weight is 262 g/mol. The van der Waals surface area contributed by atoms with Crippen LogP contribution in [-0.4, -0.2) is 53.4 Å². The second-order valence-corrected chi connectivity index (χ2v) is 5.34. The predicted octanol–water partition coefficient (Wildman–Crippen LogP) is 0.319. The van der Waals surface area contributed by atoms with Crippen molar-refractivity contribution >= 4 is 5.91 Å². The monoisotopic (exact) mass is 262 g/mol. The van der Waals surface area contributed by atoms with E-state index < -0.39 is 0 Å². The fourth-order valence-corrected chi connectivity index (χ4v) is 2.65. The first-order valence-electron chi connectivity index (χ1n) is 6.70. The summed E-state index contributed by atoms with van der Waals surface area (Å²) in [6.45, 7) is 4.74. The lowest BCUT2D eigenvalue weighted by molar-refractivity contribution is -0.135. The largest absolute Gasteiger partial charge is 0.335 e. The summed E-state index contributed by atoms with van der Waals surface area (Å²) in [4.78, 5) is 20.8. The third-order valence-electron chi connectivity index (χ3n) is 3.56. The van der Waals surface area contributed by atoms with Crippen molar-refractivity contribution in [3.05, 3.63) is 30.1 Å². The summed E-state index contributed by atoms with van der Waals surface area (Å²) in [7, 11) is 1.97. The van der Waals surface area contributed by atoms with Crippen LogP contribution in [0, 0.1) is 5.92 Å². The van der Waals surface area contributed by atoms with Crippen LogP contribution in [-0.2, 0) is 11.3 Å². The van der Waals surface area contributed by atoms with Gasteiger partial charge in [-0.15, -0.1) is 0 Å². The quantitative estimate of drug-likeness (QED) is 0.852. The number of carbonyl (C=O) groups excluding carboxylic acids is 1. The van der Waals surface area contributed by atoms with Crippen molar-refractivity contribution < 1.29 is 4.79 Å². The summed E-state index contributed by atoms with van der Waals surface area (Å²) in [5.41, 5.74) is 6.67. The van der Waals surface area contributed by atoms with Crippen LogP contribution >= 0.6 is 0 Å². The maximum atomic E-state index is 12.5. The first-order valence-corrected chi connectivity index (χ1v) is 6.70. The van der Waals surface area contributed by atoms with E-state index in [0.717, 1.165) is 18.8 Å². The zero-order valence-corrected chi connectivity index (χ0v) is 11.6. The van der Waals surface area contributed by atoms with E-state index in [1.165, 1.54) is 0 Å². The van der Waals surface area contributed by atoms with Crippen LogP contribution in [0.3, 0.4) is 0 Å². The Morgan fingerprint density at radius 3 is 2.84 bits per heavy atom. The second-order valence-electron chi connectivity index (χ2n) is 5.34. The van der Waals surface area contributed by atoms with E-state index in [1.807, 2.05) is 30.1 Å². The minimum atomic E-state index is -0.214. The predicted molar refractivity (Wildman–Crippen MR) is 74.3 cm³/mol. The average Bonchev–Trinajstić information content (AvgIpc) is 2.48. The molecule has 0 radical (unpaired) electrons. The number of aromatic nitrogens is 1. The van der Waals surface area contributed by atoms with Gasteiger partial charge in [0.25, 0.3) is 0 Å². The molecule has 0 aromatic carbocycles. The van der Waals surface area contributed by atoms with Crippen molar-refractivity contribution in [1.82, 2.24) is 14.8 Å². The molecule has 2 unspecified atom stereocenters. The lowest BCUT2D eigenvalue weighted by Gasteiger charge is -2.26. The number of nitrogens with zero attached hydrogens (tertiary/aromatic N) is 3. The minimum Gasteiger partial charge on any atom is -0.335 e. The van der Waals surface area contributed by atoms with Gasteiger partial charge >= 0.3 is 0 Å². The molecule has 0 bridgehead atoms. The Labute approximate surface area is 114 Å². The number of carbonyl (C=O) groups is 1. The van der Waals surface area contributed by atoms with Crippen LogP contribution in [0.1, 0.15) is 12.6 Å². The number of nitrogens with two attached hydrogens (primary N) is 1. The second kappa shape index (κ2) is 6.12. The van der Waals surface area contributed by atoms with Gasteiger partial charge in [-0.2, -0.15) is 0 Å². The zero-order chi connectivity index (χ0) is 13.8. The van der Waals surface area contributed by atoms with Gasteiger partial charge in [-0.3, -0.25) is 14.7 Å². The van der Waals surface area contributed by atoms with Gasteiger partial charge in [0.2, 0.25) is 5.91 Å². The molecule has 1 aliphatic heterocycles. The molecule has 2 atom stereocenters. The first-order chi connectivity index (χ1) is 9.11. The number of likely N-dealkylation sites (N-methyl/N-ethyl adjacent to an activating group) is 1. The van der Waals surface area contributed by atoms with E-state index in [0.29, 0.717) is 19.0 Å². The number of amides is 1. The molecule has 2 heterocycles. The molecule has 2 N–H and O–H groups in total. The highest BCUT2D eigenvalue weighted by atomic mass is 16.2. The van der Waals surface area contributed by atoms with Gasteiger partial charge in [-0.25, -0.2) is 0 Å². The summed E-state index contributed by atoms with van der Waals surface area (Å²) in [5, 5.41) is 0. The van der Waals surface area contributed by atoms with E-state index >= 15 is 0 Å². The van der Waals surface area contributed by atoms with Gasteiger partial charge in [0.15, 0.2) is 0 Å². The number of rotatable bonds is 3. The topological polar surface area (TPSA) is 62.5 Å². The third kappa shape index (κ3) is 3.30.